The standard InChI is InChI=1S/C15H12ClNOS2/c16-9-11(10-4-2-1-3-5-10)17-15(18)14-8-13-12(20-14)6-7-19-13/h1-8,11H,9H2,(H,17,18). The summed E-state index contributed by atoms with van der Waals surface area (Å²) in [7, 11) is 0. The monoisotopic (exact) mass is 321 g/mol. The SMILES string of the molecule is O=C(NC(CCl)c1ccccc1)c1cc2sccc2s1. The summed E-state index contributed by atoms with van der Waals surface area (Å²) in [5.74, 6) is 0.295. The topological polar surface area (TPSA) is 29.1 Å². The lowest BCUT2D eigenvalue weighted by atomic mass is 10.1. The highest BCUT2D eigenvalue weighted by Crippen LogP contribution is 2.30. The van der Waals surface area contributed by atoms with Crippen molar-refractivity contribution in [1.82, 2.24) is 5.32 Å². The summed E-state index contributed by atoms with van der Waals surface area (Å²) in [5, 5.41) is 5.03. The molecule has 1 aromatic carbocycles. The van der Waals surface area contributed by atoms with E-state index in [2.05, 4.69) is 5.32 Å². The number of amides is 1. The third kappa shape index (κ3) is 2.73. The molecule has 1 unspecified atom stereocenters. The van der Waals surface area contributed by atoms with E-state index in [0.717, 1.165) is 19.8 Å². The summed E-state index contributed by atoms with van der Waals surface area (Å²) >= 11 is 9.15. The van der Waals surface area contributed by atoms with Gasteiger partial charge in [-0.25, -0.2) is 0 Å². The van der Waals surface area contributed by atoms with Crippen LogP contribution in [0.15, 0.2) is 47.8 Å². The number of fused-ring (bicyclic) bond motifs is 1. The molecule has 102 valence electrons. The molecule has 5 heteroatoms. The fourth-order valence-corrected chi connectivity index (χ4v) is 4.27. The number of carbonyl (C=O) groups is 1. The van der Waals surface area contributed by atoms with Crippen LogP contribution in [-0.4, -0.2) is 11.8 Å². The summed E-state index contributed by atoms with van der Waals surface area (Å²) < 4.78 is 2.31. The van der Waals surface area contributed by atoms with Gasteiger partial charge in [0.15, 0.2) is 0 Å². The first-order chi connectivity index (χ1) is 9.78. The summed E-state index contributed by atoms with van der Waals surface area (Å²) in [5.41, 5.74) is 1.02. The van der Waals surface area contributed by atoms with Gasteiger partial charge >= 0.3 is 0 Å². The third-order valence-electron chi connectivity index (χ3n) is 3.02. The molecule has 0 saturated heterocycles. The minimum absolute atomic E-state index is 0.0621. The van der Waals surface area contributed by atoms with E-state index in [4.69, 9.17) is 11.6 Å². The predicted octanol–water partition coefficient (Wildman–Crippen LogP) is 4.67. The average molecular weight is 322 g/mol. The van der Waals surface area contributed by atoms with Gasteiger partial charge in [0.25, 0.3) is 5.91 Å². The molecule has 0 saturated carbocycles. The van der Waals surface area contributed by atoms with E-state index in [1.165, 1.54) is 11.3 Å². The van der Waals surface area contributed by atoms with Crippen LogP contribution in [0, 0.1) is 0 Å². The van der Waals surface area contributed by atoms with Gasteiger partial charge in [-0.1, -0.05) is 30.3 Å². The number of benzene rings is 1. The molecule has 2 nitrogen and oxygen atoms in total. The molecule has 0 aliphatic carbocycles. The van der Waals surface area contributed by atoms with Crippen LogP contribution < -0.4 is 5.32 Å². The maximum atomic E-state index is 12.3. The van der Waals surface area contributed by atoms with Gasteiger partial charge in [-0.2, -0.15) is 0 Å². The van der Waals surface area contributed by atoms with Crippen molar-refractivity contribution in [3.05, 3.63) is 58.3 Å². The lowest BCUT2D eigenvalue weighted by Crippen LogP contribution is -2.28. The van der Waals surface area contributed by atoms with Crippen molar-refractivity contribution in [3.63, 3.8) is 0 Å². The lowest BCUT2D eigenvalue weighted by molar-refractivity contribution is 0.0944. The number of rotatable bonds is 4. The van der Waals surface area contributed by atoms with E-state index in [1.807, 2.05) is 47.8 Å². The Hall–Kier alpha value is -1.36. The quantitative estimate of drug-likeness (QED) is 0.695. The highest BCUT2D eigenvalue weighted by molar-refractivity contribution is 7.27. The number of hydrogen-bond acceptors (Lipinski definition) is 3. The zero-order valence-corrected chi connectivity index (χ0v) is 12.9. The molecule has 1 atom stereocenters. The van der Waals surface area contributed by atoms with Gasteiger partial charge in [-0.15, -0.1) is 34.3 Å². The minimum Gasteiger partial charge on any atom is -0.343 e. The van der Waals surface area contributed by atoms with Crippen molar-refractivity contribution in [2.45, 2.75) is 6.04 Å². The largest absolute Gasteiger partial charge is 0.343 e. The van der Waals surface area contributed by atoms with Gasteiger partial charge < -0.3 is 5.32 Å². The van der Waals surface area contributed by atoms with Gasteiger partial charge in [0.2, 0.25) is 0 Å². The minimum atomic E-state index is -0.162. The normalized spacial score (nSPS) is 12.4. The summed E-state index contributed by atoms with van der Waals surface area (Å²) in [4.78, 5) is 13.0. The van der Waals surface area contributed by atoms with Crippen molar-refractivity contribution in [2.75, 3.05) is 5.88 Å². The second-order valence-electron chi connectivity index (χ2n) is 4.35. The van der Waals surface area contributed by atoms with Crippen LogP contribution in [0.4, 0.5) is 0 Å². The van der Waals surface area contributed by atoms with E-state index in [1.54, 1.807) is 11.3 Å². The number of hydrogen-bond donors (Lipinski definition) is 1. The van der Waals surface area contributed by atoms with Gasteiger partial charge in [0.05, 0.1) is 10.9 Å². The Kier molecular flexibility index (Phi) is 4.05. The first-order valence-electron chi connectivity index (χ1n) is 6.17. The molecule has 3 aromatic rings. The van der Waals surface area contributed by atoms with Crippen LogP contribution in [-0.2, 0) is 0 Å². The van der Waals surface area contributed by atoms with Crippen molar-refractivity contribution >= 4 is 49.6 Å². The number of carbonyl (C=O) groups excluding carboxylic acids is 1. The van der Waals surface area contributed by atoms with Crippen LogP contribution >= 0.6 is 34.3 Å². The molecule has 1 N–H and O–H groups in total. The molecular formula is C15H12ClNOS2. The number of alkyl halides is 1. The Bertz CT molecular complexity index is 691. The fraction of sp³-hybridized carbons (Fsp3) is 0.133. The Morgan fingerprint density at radius 3 is 2.70 bits per heavy atom. The van der Waals surface area contributed by atoms with Crippen LogP contribution in [0.3, 0.4) is 0 Å². The van der Waals surface area contributed by atoms with Crippen LogP contribution in [0.25, 0.3) is 9.40 Å². The zero-order valence-electron chi connectivity index (χ0n) is 10.5. The van der Waals surface area contributed by atoms with Crippen LogP contribution in [0.5, 0.6) is 0 Å². The molecular weight excluding hydrogens is 310 g/mol. The second-order valence-corrected chi connectivity index (χ2v) is 6.69. The van der Waals surface area contributed by atoms with E-state index < -0.39 is 0 Å². The molecule has 0 fully saturated rings. The Morgan fingerprint density at radius 2 is 2.00 bits per heavy atom. The maximum absolute atomic E-state index is 12.3. The number of thiophene rings is 2. The molecule has 0 aliphatic rings. The second kappa shape index (κ2) is 5.95. The lowest BCUT2D eigenvalue weighted by Gasteiger charge is -2.15. The summed E-state index contributed by atoms with van der Waals surface area (Å²) in [6.07, 6.45) is 0. The van der Waals surface area contributed by atoms with Gasteiger partial charge in [-0.05, 0) is 23.1 Å². The maximum Gasteiger partial charge on any atom is 0.261 e. The zero-order chi connectivity index (χ0) is 13.9. The smallest absolute Gasteiger partial charge is 0.261 e. The van der Waals surface area contributed by atoms with Crippen LogP contribution in [0.2, 0.25) is 0 Å². The molecule has 1 amide bonds. The predicted molar refractivity (Wildman–Crippen MR) is 87.1 cm³/mol. The van der Waals surface area contributed by atoms with Gasteiger partial charge in [0, 0.05) is 15.3 Å². The van der Waals surface area contributed by atoms with Crippen molar-refractivity contribution in [3.8, 4) is 0 Å². The molecule has 2 heterocycles. The van der Waals surface area contributed by atoms with Gasteiger partial charge in [0.1, 0.15) is 0 Å². The van der Waals surface area contributed by atoms with E-state index >= 15 is 0 Å². The van der Waals surface area contributed by atoms with Crippen molar-refractivity contribution in [1.29, 1.82) is 0 Å². The fourth-order valence-electron chi connectivity index (χ4n) is 2.00. The summed E-state index contributed by atoms with van der Waals surface area (Å²) in [6, 6.07) is 13.6. The average Bonchev–Trinajstić information content (AvgIpc) is 3.06. The summed E-state index contributed by atoms with van der Waals surface area (Å²) in [6.45, 7) is 0. The molecule has 0 spiro atoms. The van der Waals surface area contributed by atoms with Crippen molar-refractivity contribution in [2.24, 2.45) is 0 Å². The van der Waals surface area contributed by atoms with E-state index in [0.29, 0.717) is 5.88 Å². The molecule has 0 radical (unpaired) electrons. The molecule has 0 bridgehead atoms. The highest BCUT2D eigenvalue weighted by atomic mass is 35.5. The van der Waals surface area contributed by atoms with Crippen molar-refractivity contribution < 1.29 is 4.79 Å². The first kappa shape index (κ1) is 13.6. The highest BCUT2D eigenvalue weighted by Gasteiger charge is 2.16. The third-order valence-corrected chi connectivity index (χ3v) is 5.43. The van der Waals surface area contributed by atoms with E-state index in [9.17, 15) is 4.79 Å². The molecule has 20 heavy (non-hydrogen) atoms. The Labute approximate surface area is 130 Å². The van der Waals surface area contributed by atoms with Gasteiger partial charge in [-0.3, -0.25) is 4.79 Å². The van der Waals surface area contributed by atoms with E-state index in [-0.39, 0.29) is 11.9 Å². The molecule has 3 rings (SSSR count). The number of halogens is 1. The Morgan fingerprint density at radius 1 is 1.20 bits per heavy atom. The first-order valence-corrected chi connectivity index (χ1v) is 8.40. The molecule has 0 aliphatic heterocycles. The van der Waals surface area contributed by atoms with Crippen LogP contribution in [0.1, 0.15) is 21.3 Å². The number of nitrogens with one attached hydrogen (secondary N) is 1. The molecule has 2 aromatic heterocycles. The Balaban J connectivity index is 1.79.